The molecule has 3 aromatic rings. The van der Waals surface area contributed by atoms with Crippen molar-refractivity contribution < 1.29 is 4.39 Å². The van der Waals surface area contributed by atoms with E-state index in [0.717, 1.165) is 22.3 Å². The molecule has 0 aliphatic carbocycles. The van der Waals surface area contributed by atoms with Gasteiger partial charge in [-0.1, -0.05) is 12.1 Å². The van der Waals surface area contributed by atoms with Crippen LogP contribution in [-0.4, -0.2) is 17.0 Å². The molecule has 2 aromatic carbocycles. The van der Waals surface area contributed by atoms with Gasteiger partial charge in [0.15, 0.2) is 5.82 Å². The Labute approximate surface area is 116 Å². The highest BCUT2D eigenvalue weighted by Crippen LogP contribution is 2.25. The summed E-state index contributed by atoms with van der Waals surface area (Å²) in [7, 11) is 1.83. The molecule has 0 fully saturated rings. The Hall–Kier alpha value is -2.49. The monoisotopic (exact) mass is 267 g/mol. The Kier molecular flexibility index (Phi) is 3.06. The van der Waals surface area contributed by atoms with Crippen molar-refractivity contribution in [1.29, 1.82) is 0 Å². The Bertz CT molecular complexity index is 784. The van der Waals surface area contributed by atoms with E-state index in [0.29, 0.717) is 11.4 Å². The number of benzene rings is 2. The summed E-state index contributed by atoms with van der Waals surface area (Å²) in [4.78, 5) is 9.07. The van der Waals surface area contributed by atoms with E-state index in [1.54, 1.807) is 19.1 Å². The predicted octanol–water partition coefficient (Wildman–Crippen LogP) is 3.79. The molecule has 1 aromatic heterocycles. The Morgan fingerprint density at radius 2 is 1.85 bits per heavy atom. The first-order valence-corrected chi connectivity index (χ1v) is 6.40. The molecule has 0 saturated carbocycles. The van der Waals surface area contributed by atoms with Gasteiger partial charge >= 0.3 is 0 Å². The molecule has 0 aliphatic heterocycles. The lowest BCUT2D eigenvalue weighted by Crippen LogP contribution is -1.99. The van der Waals surface area contributed by atoms with Crippen molar-refractivity contribution in [2.24, 2.45) is 0 Å². The van der Waals surface area contributed by atoms with Gasteiger partial charge in [-0.25, -0.2) is 14.4 Å². The summed E-state index contributed by atoms with van der Waals surface area (Å²) >= 11 is 0. The lowest BCUT2D eigenvalue weighted by atomic mass is 10.1. The zero-order valence-corrected chi connectivity index (χ0v) is 11.3. The highest BCUT2D eigenvalue weighted by molar-refractivity contribution is 5.90. The molecule has 0 atom stereocenters. The molecule has 20 heavy (non-hydrogen) atoms. The second-order valence-corrected chi connectivity index (χ2v) is 4.63. The minimum absolute atomic E-state index is 0.219. The molecule has 0 unspecified atom stereocenters. The van der Waals surface area contributed by atoms with E-state index in [4.69, 9.17) is 0 Å². The summed E-state index contributed by atoms with van der Waals surface area (Å²) in [6.07, 6.45) is 0. The van der Waals surface area contributed by atoms with Crippen LogP contribution in [0.25, 0.3) is 22.3 Å². The fraction of sp³-hybridized carbons (Fsp3) is 0.125. The number of anilines is 1. The van der Waals surface area contributed by atoms with Crippen molar-refractivity contribution in [3.8, 4) is 11.4 Å². The summed E-state index contributed by atoms with van der Waals surface area (Å²) in [5, 5.41) is 4.05. The van der Waals surface area contributed by atoms with Crippen LogP contribution >= 0.6 is 0 Å². The Morgan fingerprint density at radius 1 is 1.05 bits per heavy atom. The average Bonchev–Trinajstić information content (AvgIpc) is 2.49. The van der Waals surface area contributed by atoms with E-state index in [9.17, 15) is 4.39 Å². The van der Waals surface area contributed by atoms with Crippen LogP contribution in [0.3, 0.4) is 0 Å². The minimum Gasteiger partial charge on any atom is -0.373 e. The fourth-order valence-electron chi connectivity index (χ4n) is 2.18. The van der Waals surface area contributed by atoms with Gasteiger partial charge in [0.1, 0.15) is 11.6 Å². The van der Waals surface area contributed by atoms with Gasteiger partial charge in [0, 0.05) is 18.0 Å². The summed E-state index contributed by atoms with van der Waals surface area (Å²) in [6.45, 7) is 1.73. The van der Waals surface area contributed by atoms with Gasteiger partial charge in [0.2, 0.25) is 0 Å². The summed E-state index contributed by atoms with van der Waals surface area (Å²) in [6, 6.07) is 12.7. The molecule has 4 heteroatoms. The molecule has 3 nitrogen and oxygen atoms in total. The molecule has 0 bridgehead atoms. The molecule has 100 valence electrons. The fourth-order valence-corrected chi connectivity index (χ4v) is 2.18. The van der Waals surface area contributed by atoms with Crippen LogP contribution < -0.4 is 5.32 Å². The molecule has 1 N–H and O–H groups in total. The number of fused-ring (bicyclic) bond motifs is 1. The van der Waals surface area contributed by atoms with E-state index in [1.165, 1.54) is 6.07 Å². The number of nitrogens with one attached hydrogen (secondary N) is 1. The molecular formula is C16H14FN3. The smallest absolute Gasteiger partial charge is 0.162 e. The molecule has 0 radical (unpaired) electrons. The maximum atomic E-state index is 13.4. The predicted molar refractivity (Wildman–Crippen MR) is 79.2 cm³/mol. The zero-order valence-electron chi connectivity index (χ0n) is 11.3. The number of aromatic nitrogens is 2. The third kappa shape index (κ3) is 2.09. The summed E-state index contributed by atoms with van der Waals surface area (Å²) < 4.78 is 13.4. The van der Waals surface area contributed by atoms with Gasteiger partial charge in [-0.15, -0.1) is 0 Å². The van der Waals surface area contributed by atoms with Gasteiger partial charge in [0.25, 0.3) is 0 Å². The number of hydrogen-bond donors (Lipinski definition) is 1. The van der Waals surface area contributed by atoms with E-state index in [-0.39, 0.29) is 5.82 Å². The van der Waals surface area contributed by atoms with Crippen LogP contribution in [0.15, 0.2) is 42.5 Å². The molecule has 0 saturated heterocycles. The van der Waals surface area contributed by atoms with Crippen LogP contribution in [0.5, 0.6) is 0 Å². The third-order valence-corrected chi connectivity index (χ3v) is 3.26. The molecule has 3 rings (SSSR count). The maximum Gasteiger partial charge on any atom is 0.162 e. The lowest BCUT2D eigenvalue weighted by Gasteiger charge is -2.08. The number of para-hydroxylation sites is 1. The number of aryl methyl sites for hydroxylation is 1. The molecule has 0 amide bonds. The molecule has 1 heterocycles. The minimum atomic E-state index is -0.219. The third-order valence-electron chi connectivity index (χ3n) is 3.26. The lowest BCUT2D eigenvalue weighted by molar-refractivity contribution is 0.618. The van der Waals surface area contributed by atoms with E-state index in [2.05, 4.69) is 15.3 Å². The average molecular weight is 267 g/mol. The summed E-state index contributed by atoms with van der Waals surface area (Å²) in [5.74, 6) is 1.15. The van der Waals surface area contributed by atoms with Crippen molar-refractivity contribution in [1.82, 2.24) is 9.97 Å². The summed E-state index contributed by atoms with van der Waals surface area (Å²) in [5.41, 5.74) is 2.26. The van der Waals surface area contributed by atoms with E-state index < -0.39 is 0 Å². The first-order chi connectivity index (χ1) is 9.69. The first-order valence-electron chi connectivity index (χ1n) is 6.40. The van der Waals surface area contributed by atoms with E-state index in [1.807, 2.05) is 31.3 Å². The van der Waals surface area contributed by atoms with Crippen molar-refractivity contribution >= 4 is 16.7 Å². The van der Waals surface area contributed by atoms with E-state index >= 15 is 0 Å². The van der Waals surface area contributed by atoms with Gasteiger partial charge in [-0.05, 0) is 42.8 Å². The van der Waals surface area contributed by atoms with Crippen molar-refractivity contribution in [2.45, 2.75) is 6.92 Å². The zero-order chi connectivity index (χ0) is 14.1. The van der Waals surface area contributed by atoms with Crippen molar-refractivity contribution in [2.75, 3.05) is 12.4 Å². The Morgan fingerprint density at radius 3 is 2.60 bits per heavy atom. The Balaban J connectivity index is 2.23. The maximum absolute atomic E-state index is 13.4. The topological polar surface area (TPSA) is 37.8 Å². The number of nitrogens with zero attached hydrogens (tertiary/aromatic N) is 2. The molecule has 0 spiro atoms. The highest BCUT2D eigenvalue weighted by Gasteiger charge is 2.09. The van der Waals surface area contributed by atoms with Gasteiger partial charge in [-0.2, -0.15) is 0 Å². The first kappa shape index (κ1) is 12.5. The second-order valence-electron chi connectivity index (χ2n) is 4.63. The van der Waals surface area contributed by atoms with Crippen LogP contribution in [0.1, 0.15) is 5.56 Å². The largest absolute Gasteiger partial charge is 0.373 e. The SMILES string of the molecule is CNc1nc(-c2ccc(F)c(C)c2)nc2ccccc12. The second kappa shape index (κ2) is 4.89. The standard InChI is InChI=1S/C16H14FN3/c1-10-9-11(7-8-13(10)17)15-19-14-6-4-3-5-12(14)16(18-2)20-15/h3-9H,1-2H3,(H,18,19,20). The van der Waals surface area contributed by atoms with Gasteiger partial charge in [-0.3, -0.25) is 0 Å². The molecular weight excluding hydrogens is 253 g/mol. The van der Waals surface area contributed by atoms with Crippen molar-refractivity contribution in [3.05, 3.63) is 53.8 Å². The van der Waals surface area contributed by atoms with Crippen LogP contribution in [-0.2, 0) is 0 Å². The normalized spacial score (nSPS) is 10.8. The van der Waals surface area contributed by atoms with Gasteiger partial charge < -0.3 is 5.32 Å². The quantitative estimate of drug-likeness (QED) is 0.767. The van der Waals surface area contributed by atoms with Crippen molar-refractivity contribution in [3.63, 3.8) is 0 Å². The number of hydrogen-bond acceptors (Lipinski definition) is 3. The number of halogens is 1. The van der Waals surface area contributed by atoms with Crippen LogP contribution in [0.2, 0.25) is 0 Å². The van der Waals surface area contributed by atoms with Gasteiger partial charge in [0.05, 0.1) is 5.52 Å². The highest BCUT2D eigenvalue weighted by atomic mass is 19.1. The van der Waals surface area contributed by atoms with Crippen LogP contribution in [0.4, 0.5) is 10.2 Å². The molecule has 0 aliphatic rings. The number of rotatable bonds is 2. The van der Waals surface area contributed by atoms with Crippen LogP contribution in [0, 0.1) is 12.7 Å².